The van der Waals surface area contributed by atoms with Gasteiger partial charge in [0.25, 0.3) is 11.8 Å². The fourth-order valence-electron chi connectivity index (χ4n) is 2.91. The van der Waals surface area contributed by atoms with Crippen LogP contribution in [-0.4, -0.2) is 30.4 Å². The molecule has 0 unspecified atom stereocenters. The van der Waals surface area contributed by atoms with E-state index in [2.05, 4.69) is 15.6 Å². The molecule has 3 rings (SSSR count). The average molecular weight is 377 g/mol. The summed E-state index contributed by atoms with van der Waals surface area (Å²) in [4.78, 5) is 27.4. The molecule has 0 aliphatic carbocycles. The van der Waals surface area contributed by atoms with Crippen LogP contribution in [0.4, 0.5) is 0 Å². The molecule has 0 radical (unpaired) electrons. The van der Waals surface area contributed by atoms with Crippen molar-refractivity contribution in [2.24, 2.45) is 0 Å². The highest BCUT2D eigenvalue weighted by Gasteiger charge is 2.23. The third kappa shape index (κ3) is 4.23. The van der Waals surface area contributed by atoms with Crippen molar-refractivity contribution in [3.63, 3.8) is 0 Å². The summed E-state index contributed by atoms with van der Waals surface area (Å²) in [5.41, 5.74) is 2.37. The number of benzene rings is 2. The fourth-order valence-corrected chi connectivity index (χ4v) is 2.91. The van der Waals surface area contributed by atoms with Gasteiger partial charge in [0, 0.05) is 19.7 Å². The van der Waals surface area contributed by atoms with Crippen LogP contribution in [0.15, 0.2) is 66.7 Å². The van der Waals surface area contributed by atoms with E-state index in [1.54, 1.807) is 6.07 Å². The molecule has 0 saturated carbocycles. The van der Waals surface area contributed by atoms with Gasteiger partial charge in [-0.25, -0.2) is 0 Å². The van der Waals surface area contributed by atoms with Gasteiger partial charge >= 0.3 is 0 Å². The van der Waals surface area contributed by atoms with E-state index in [1.165, 1.54) is 7.05 Å². The minimum Gasteiger partial charge on any atom is -0.479 e. The van der Waals surface area contributed by atoms with Crippen LogP contribution in [0.25, 0.3) is 0 Å². The summed E-state index contributed by atoms with van der Waals surface area (Å²) in [7, 11) is 1.53. The van der Waals surface area contributed by atoms with Crippen molar-refractivity contribution in [1.29, 1.82) is 0 Å². The van der Waals surface area contributed by atoms with Crippen molar-refractivity contribution in [1.82, 2.24) is 15.6 Å². The largest absolute Gasteiger partial charge is 0.479 e. The first-order valence-electron chi connectivity index (χ1n) is 9.13. The Kier molecular flexibility index (Phi) is 6.11. The smallest absolute Gasteiger partial charge is 0.271 e. The first-order chi connectivity index (χ1) is 13.6. The highest BCUT2D eigenvalue weighted by molar-refractivity contribution is 5.99. The van der Waals surface area contributed by atoms with Gasteiger partial charge in [-0.2, -0.15) is 0 Å². The Balaban J connectivity index is 2.02. The summed E-state index contributed by atoms with van der Waals surface area (Å²) in [5.74, 6) is -0.331. The normalized spacial score (nSPS) is 10.5. The van der Waals surface area contributed by atoms with Crippen molar-refractivity contribution in [2.75, 3.05) is 13.6 Å². The molecule has 0 spiro atoms. The number of aromatic nitrogens is 1. The Morgan fingerprint density at radius 1 is 0.964 bits per heavy atom. The second kappa shape index (κ2) is 8.90. The van der Waals surface area contributed by atoms with Gasteiger partial charge in [0.2, 0.25) is 0 Å². The first-order valence-corrected chi connectivity index (χ1v) is 9.13. The van der Waals surface area contributed by atoms with E-state index in [4.69, 9.17) is 4.74 Å². The quantitative estimate of drug-likeness (QED) is 0.591. The van der Waals surface area contributed by atoms with E-state index in [0.717, 1.165) is 11.1 Å². The van der Waals surface area contributed by atoms with Gasteiger partial charge in [-0.3, -0.25) is 9.59 Å². The van der Waals surface area contributed by atoms with E-state index < -0.39 is 6.10 Å². The molecule has 0 aliphatic rings. The molecule has 6 heteroatoms. The second-order valence-corrected chi connectivity index (χ2v) is 6.18. The second-order valence-electron chi connectivity index (χ2n) is 6.18. The zero-order valence-electron chi connectivity index (χ0n) is 15.9. The number of hydrogen-bond donors (Lipinski definition) is 3. The number of aromatic amines is 1. The number of rotatable bonds is 7. The number of nitrogens with one attached hydrogen (secondary N) is 3. The third-order valence-corrected chi connectivity index (χ3v) is 4.27. The average Bonchev–Trinajstić information content (AvgIpc) is 3.17. The lowest BCUT2D eigenvalue weighted by Gasteiger charge is -2.20. The molecule has 2 aromatic carbocycles. The van der Waals surface area contributed by atoms with Crippen molar-refractivity contribution in [3.8, 4) is 5.75 Å². The highest BCUT2D eigenvalue weighted by atomic mass is 16.5. The lowest BCUT2D eigenvalue weighted by molar-refractivity contribution is 0.0951. The van der Waals surface area contributed by atoms with Crippen LogP contribution >= 0.6 is 0 Å². The monoisotopic (exact) mass is 377 g/mol. The maximum Gasteiger partial charge on any atom is 0.271 e. The molecule has 0 fully saturated rings. The third-order valence-electron chi connectivity index (χ3n) is 4.27. The molecule has 28 heavy (non-hydrogen) atoms. The Morgan fingerprint density at radius 2 is 1.54 bits per heavy atom. The van der Waals surface area contributed by atoms with Gasteiger partial charge in [0.1, 0.15) is 17.5 Å². The van der Waals surface area contributed by atoms with Crippen molar-refractivity contribution in [2.45, 2.75) is 13.0 Å². The van der Waals surface area contributed by atoms with Crippen LogP contribution in [0.1, 0.15) is 45.1 Å². The van der Waals surface area contributed by atoms with Gasteiger partial charge in [0.05, 0.1) is 0 Å². The highest BCUT2D eigenvalue weighted by Crippen LogP contribution is 2.31. The molecule has 3 N–H and O–H groups in total. The Hall–Kier alpha value is -3.54. The summed E-state index contributed by atoms with van der Waals surface area (Å²) in [5, 5.41) is 5.30. The zero-order valence-corrected chi connectivity index (χ0v) is 15.9. The predicted molar refractivity (Wildman–Crippen MR) is 108 cm³/mol. The Labute approximate surface area is 163 Å². The first kappa shape index (κ1) is 19.2. The molecule has 0 atom stereocenters. The van der Waals surface area contributed by atoms with Crippen molar-refractivity contribution in [3.05, 3.63) is 89.2 Å². The molecular formula is C22H23N3O3. The molecule has 2 amide bonds. The van der Waals surface area contributed by atoms with Crippen LogP contribution in [0.2, 0.25) is 0 Å². The maximum atomic E-state index is 12.3. The molecule has 0 aliphatic heterocycles. The van der Waals surface area contributed by atoms with E-state index in [0.29, 0.717) is 12.3 Å². The Morgan fingerprint density at radius 3 is 2.04 bits per heavy atom. The topological polar surface area (TPSA) is 83.2 Å². The van der Waals surface area contributed by atoms with E-state index in [9.17, 15) is 9.59 Å². The molecule has 0 bridgehead atoms. The molecule has 1 aromatic heterocycles. The number of H-pyrrole nitrogens is 1. The van der Waals surface area contributed by atoms with Crippen LogP contribution in [0.3, 0.4) is 0 Å². The molecule has 6 nitrogen and oxygen atoms in total. The maximum absolute atomic E-state index is 12.3. The Bertz CT molecular complexity index is 897. The summed E-state index contributed by atoms with van der Waals surface area (Å²) < 4.78 is 6.28. The van der Waals surface area contributed by atoms with Crippen LogP contribution < -0.4 is 15.4 Å². The van der Waals surface area contributed by atoms with Gasteiger partial charge in [-0.15, -0.1) is 0 Å². The number of carbonyl (C=O) groups is 2. The fraction of sp³-hybridized carbons (Fsp3) is 0.182. The molecule has 144 valence electrons. The SMILES string of the molecule is CCNC(=O)c1cc(OC(c2ccccc2)c2ccccc2)c(C(=O)NC)[nH]1. The van der Waals surface area contributed by atoms with Gasteiger partial charge in [-0.1, -0.05) is 60.7 Å². The molecular weight excluding hydrogens is 354 g/mol. The number of amides is 2. The van der Waals surface area contributed by atoms with E-state index in [1.807, 2.05) is 67.6 Å². The standard InChI is InChI=1S/C22H23N3O3/c1-3-24-21(26)17-14-18(19(25-17)22(27)23-2)28-20(15-10-6-4-7-11-15)16-12-8-5-9-13-16/h4-14,20,25H,3H2,1-2H3,(H,23,27)(H,24,26). The molecule has 3 aromatic rings. The van der Waals surface area contributed by atoms with Gasteiger partial charge in [0.15, 0.2) is 5.75 Å². The van der Waals surface area contributed by atoms with E-state index in [-0.39, 0.29) is 23.2 Å². The van der Waals surface area contributed by atoms with Crippen molar-refractivity contribution >= 4 is 11.8 Å². The van der Waals surface area contributed by atoms with Crippen molar-refractivity contribution < 1.29 is 14.3 Å². The van der Waals surface area contributed by atoms with Crippen LogP contribution in [-0.2, 0) is 0 Å². The van der Waals surface area contributed by atoms with Gasteiger partial charge in [-0.05, 0) is 18.1 Å². The summed E-state index contributed by atoms with van der Waals surface area (Å²) in [6.07, 6.45) is -0.427. The molecule has 0 saturated heterocycles. The zero-order chi connectivity index (χ0) is 19.9. The number of ether oxygens (including phenoxy) is 1. The minimum absolute atomic E-state index is 0.209. The van der Waals surface area contributed by atoms with Crippen LogP contribution in [0.5, 0.6) is 5.75 Å². The number of hydrogen-bond acceptors (Lipinski definition) is 3. The minimum atomic E-state index is -0.427. The molecule has 1 heterocycles. The summed E-state index contributed by atoms with van der Waals surface area (Å²) in [6.45, 7) is 2.32. The van der Waals surface area contributed by atoms with Gasteiger partial charge < -0.3 is 20.4 Å². The summed E-state index contributed by atoms with van der Waals surface area (Å²) >= 11 is 0. The predicted octanol–water partition coefficient (Wildman–Crippen LogP) is 3.29. The lowest BCUT2D eigenvalue weighted by Crippen LogP contribution is -2.23. The van der Waals surface area contributed by atoms with E-state index >= 15 is 0 Å². The van der Waals surface area contributed by atoms with Crippen LogP contribution in [0, 0.1) is 0 Å². The summed E-state index contributed by atoms with van der Waals surface area (Å²) in [6, 6.07) is 21.0. The lowest BCUT2D eigenvalue weighted by atomic mass is 10.0. The number of carbonyl (C=O) groups excluding carboxylic acids is 2.